The van der Waals surface area contributed by atoms with Gasteiger partial charge in [0.2, 0.25) is 0 Å². The average Bonchev–Trinajstić information content (AvgIpc) is 2.69. The van der Waals surface area contributed by atoms with E-state index >= 15 is 0 Å². The second kappa shape index (κ2) is 5.95. The summed E-state index contributed by atoms with van der Waals surface area (Å²) in [5.41, 5.74) is 9.28. The van der Waals surface area contributed by atoms with Gasteiger partial charge in [0.25, 0.3) is 0 Å². The van der Waals surface area contributed by atoms with Gasteiger partial charge in [-0.1, -0.05) is 29.3 Å². The van der Waals surface area contributed by atoms with Crippen molar-refractivity contribution in [2.45, 2.75) is 32.9 Å². The van der Waals surface area contributed by atoms with Crippen molar-refractivity contribution in [3.05, 3.63) is 51.3 Å². The van der Waals surface area contributed by atoms with Crippen LogP contribution in [0.2, 0.25) is 10.0 Å². The van der Waals surface area contributed by atoms with Gasteiger partial charge in [-0.15, -0.1) is 0 Å². The van der Waals surface area contributed by atoms with Crippen molar-refractivity contribution in [1.82, 2.24) is 9.78 Å². The number of rotatable bonds is 4. The van der Waals surface area contributed by atoms with Gasteiger partial charge in [-0.3, -0.25) is 4.68 Å². The molecule has 0 aliphatic rings. The first-order chi connectivity index (χ1) is 9.01. The van der Waals surface area contributed by atoms with Gasteiger partial charge >= 0.3 is 0 Å². The maximum atomic E-state index is 6.24. The summed E-state index contributed by atoms with van der Waals surface area (Å²) >= 11 is 12.1. The lowest BCUT2D eigenvalue weighted by molar-refractivity contribution is 0.587. The quantitative estimate of drug-likeness (QED) is 0.934. The van der Waals surface area contributed by atoms with Gasteiger partial charge in [0.15, 0.2) is 0 Å². The van der Waals surface area contributed by atoms with Gasteiger partial charge < -0.3 is 5.73 Å². The van der Waals surface area contributed by atoms with Crippen molar-refractivity contribution >= 4 is 23.2 Å². The zero-order valence-corrected chi connectivity index (χ0v) is 12.5. The summed E-state index contributed by atoms with van der Waals surface area (Å²) in [5.74, 6) is 0. The number of benzene rings is 1. The predicted octanol–water partition coefficient (Wildman–Crippen LogP) is 3.76. The van der Waals surface area contributed by atoms with E-state index in [1.54, 1.807) is 6.07 Å². The van der Waals surface area contributed by atoms with Crippen molar-refractivity contribution in [2.75, 3.05) is 0 Å². The summed E-state index contributed by atoms with van der Waals surface area (Å²) in [7, 11) is 0. The van der Waals surface area contributed by atoms with Crippen LogP contribution in [0.25, 0.3) is 0 Å². The molecule has 5 heteroatoms. The SMILES string of the molecule is CCn1nc(C)cc1CC(N)c1ccc(Cl)cc1Cl. The molecule has 1 atom stereocenters. The molecule has 1 unspecified atom stereocenters. The van der Waals surface area contributed by atoms with E-state index in [9.17, 15) is 0 Å². The van der Waals surface area contributed by atoms with Crippen LogP contribution in [-0.2, 0) is 13.0 Å². The monoisotopic (exact) mass is 297 g/mol. The highest BCUT2D eigenvalue weighted by Gasteiger charge is 2.14. The molecular formula is C14H17Cl2N3. The van der Waals surface area contributed by atoms with E-state index in [1.807, 2.05) is 23.7 Å². The molecule has 0 spiro atoms. The molecule has 102 valence electrons. The molecule has 0 amide bonds. The largest absolute Gasteiger partial charge is 0.324 e. The fourth-order valence-electron chi connectivity index (χ4n) is 2.17. The lowest BCUT2D eigenvalue weighted by Gasteiger charge is -2.14. The fraction of sp³-hybridized carbons (Fsp3) is 0.357. The molecule has 3 nitrogen and oxygen atoms in total. The standard InChI is InChI=1S/C14H17Cl2N3/c1-3-19-11(6-9(2)18-19)8-14(17)12-5-4-10(15)7-13(12)16/h4-7,14H,3,8,17H2,1-2H3. The van der Waals surface area contributed by atoms with E-state index in [0.717, 1.165) is 23.5 Å². The van der Waals surface area contributed by atoms with Crippen LogP contribution in [0.5, 0.6) is 0 Å². The summed E-state index contributed by atoms with van der Waals surface area (Å²) in [4.78, 5) is 0. The van der Waals surface area contributed by atoms with Crippen LogP contribution in [0.3, 0.4) is 0 Å². The zero-order valence-electron chi connectivity index (χ0n) is 11.0. The lowest BCUT2D eigenvalue weighted by Crippen LogP contribution is -2.16. The third-order valence-corrected chi connectivity index (χ3v) is 3.64. The average molecular weight is 298 g/mol. The van der Waals surface area contributed by atoms with Crippen molar-refractivity contribution in [2.24, 2.45) is 5.73 Å². The number of hydrogen-bond donors (Lipinski definition) is 1. The summed E-state index contributed by atoms with van der Waals surface area (Å²) in [5, 5.41) is 5.65. The minimum atomic E-state index is -0.161. The maximum absolute atomic E-state index is 6.24. The van der Waals surface area contributed by atoms with Crippen LogP contribution in [0.4, 0.5) is 0 Å². The molecule has 1 aromatic carbocycles. The Labute approximate surface area is 123 Å². The number of nitrogens with two attached hydrogens (primary N) is 1. The van der Waals surface area contributed by atoms with Crippen LogP contribution >= 0.6 is 23.2 Å². The van der Waals surface area contributed by atoms with Gasteiger partial charge in [0.05, 0.1) is 5.69 Å². The minimum Gasteiger partial charge on any atom is -0.324 e. The molecule has 1 aromatic heterocycles. The molecule has 2 rings (SSSR count). The molecule has 2 aromatic rings. The normalized spacial score (nSPS) is 12.7. The number of halogens is 2. The number of hydrogen-bond acceptors (Lipinski definition) is 2. The molecule has 0 aliphatic carbocycles. The van der Waals surface area contributed by atoms with E-state index in [2.05, 4.69) is 18.1 Å². The zero-order chi connectivity index (χ0) is 14.0. The van der Waals surface area contributed by atoms with Gasteiger partial charge in [0.1, 0.15) is 0 Å². The minimum absolute atomic E-state index is 0.161. The molecule has 0 saturated heterocycles. The van der Waals surface area contributed by atoms with Crippen LogP contribution in [0, 0.1) is 6.92 Å². The summed E-state index contributed by atoms with van der Waals surface area (Å²) in [6.45, 7) is 4.89. The third-order valence-electron chi connectivity index (χ3n) is 3.08. The Morgan fingerprint density at radius 2 is 2.05 bits per heavy atom. The molecule has 0 radical (unpaired) electrons. The highest BCUT2D eigenvalue weighted by Crippen LogP contribution is 2.27. The number of nitrogens with zero attached hydrogens (tertiary/aromatic N) is 2. The second-order valence-electron chi connectivity index (χ2n) is 4.57. The van der Waals surface area contributed by atoms with E-state index in [4.69, 9.17) is 28.9 Å². The number of aromatic nitrogens is 2. The van der Waals surface area contributed by atoms with Crippen molar-refractivity contribution in [3.8, 4) is 0 Å². The Kier molecular flexibility index (Phi) is 4.50. The smallest absolute Gasteiger partial charge is 0.0596 e. The van der Waals surface area contributed by atoms with Crippen molar-refractivity contribution in [1.29, 1.82) is 0 Å². The maximum Gasteiger partial charge on any atom is 0.0596 e. The molecule has 0 aliphatic heterocycles. The Balaban J connectivity index is 2.22. The Hall–Kier alpha value is -1.03. The topological polar surface area (TPSA) is 43.8 Å². The fourth-order valence-corrected chi connectivity index (χ4v) is 2.72. The van der Waals surface area contributed by atoms with Gasteiger partial charge in [-0.25, -0.2) is 0 Å². The second-order valence-corrected chi connectivity index (χ2v) is 5.41. The molecule has 0 fully saturated rings. The van der Waals surface area contributed by atoms with Crippen LogP contribution in [0.1, 0.15) is 29.9 Å². The van der Waals surface area contributed by atoms with Gasteiger partial charge in [-0.05, 0) is 37.6 Å². The molecule has 0 saturated carbocycles. The first kappa shape index (κ1) is 14.4. The van der Waals surface area contributed by atoms with Crippen LogP contribution < -0.4 is 5.73 Å². The molecule has 0 bridgehead atoms. The molecule has 2 N–H and O–H groups in total. The lowest BCUT2D eigenvalue weighted by atomic mass is 10.0. The Bertz CT molecular complexity index is 578. The third kappa shape index (κ3) is 3.30. The summed E-state index contributed by atoms with van der Waals surface area (Å²) in [6.07, 6.45) is 0.704. The molecule has 1 heterocycles. The first-order valence-electron chi connectivity index (χ1n) is 6.25. The predicted molar refractivity (Wildman–Crippen MR) is 79.7 cm³/mol. The van der Waals surface area contributed by atoms with E-state index < -0.39 is 0 Å². The van der Waals surface area contributed by atoms with Gasteiger partial charge in [-0.2, -0.15) is 5.10 Å². The van der Waals surface area contributed by atoms with E-state index in [-0.39, 0.29) is 6.04 Å². The van der Waals surface area contributed by atoms with E-state index in [1.165, 1.54) is 0 Å². The molecular weight excluding hydrogens is 281 g/mol. The Morgan fingerprint density at radius 3 is 2.68 bits per heavy atom. The van der Waals surface area contributed by atoms with Crippen molar-refractivity contribution in [3.63, 3.8) is 0 Å². The van der Waals surface area contributed by atoms with Crippen molar-refractivity contribution < 1.29 is 0 Å². The summed E-state index contributed by atoms with van der Waals surface area (Å²) in [6, 6.07) is 7.32. The molecule has 19 heavy (non-hydrogen) atoms. The van der Waals surface area contributed by atoms with Gasteiger partial charge in [0, 0.05) is 34.7 Å². The van der Waals surface area contributed by atoms with Crippen LogP contribution in [0.15, 0.2) is 24.3 Å². The van der Waals surface area contributed by atoms with E-state index in [0.29, 0.717) is 16.5 Å². The first-order valence-corrected chi connectivity index (χ1v) is 7.00. The number of aryl methyl sites for hydroxylation is 2. The Morgan fingerprint density at radius 1 is 1.32 bits per heavy atom. The van der Waals surface area contributed by atoms with Crippen LogP contribution in [-0.4, -0.2) is 9.78 Å². The summed E-state index contributed by atoms with van der Waals surface area (Å²) < 4.78 is 1.97. The highest BCUT2D eigenvalue weighted by atomic mass is 35.5. The highest BCUT2D eigenvalue weighted by molar-refractivity contribution is 6.35.